The molecule has 1 aliphatic rings. The van der Waals surface area contributed by atoms with E-state index in [1.807, 2.05) is 6.92 Å². The Morgan fingerprint density at radius 1 is 1.39 bits per heavy atom. The first-order valence-corrected chi connectivity index (χ1v) is 7.73. The molecular formula is C17H18F2N2O2. The topological polar surface area (TPSA) is 55.1 Å². The molecule has 0 radical (unpaired) electrons. The lowest BCUT2D eigenvalue weighted by Crippen LogP contribution is -2.34. The van der Waals surface area contributed by atoms with Crippen molar-refractivity contribution in [2.75, 3.05) is 0 Å². The van der Waals surface area contributed by atoms with Crippen LogP contribution < -0.4 is 5.32 Å². The lowest BCUT2D eigenvalue weighted by molar-refractivity contribution is -0.121. The van der Waals surface area contributed by atoms with Crippen molar-refractivity contribution in [3.05, 3.63) is 41.9 Å². The van der Waals surface area contributed by atoms with Crippen LogP contribution in [0.3, 0.4) is 0 Å². The van der Waals surface area contributed by atoms with E-state index in [1.165, 1.54) is 25.1 Å². The number of hydrogen-bond acceptors (Lipinski definition) is 3. The normalized spacial score (nSPS) is 15.4. The summed E-state index contributed by atoms with van der Waals surface area (Å²) < 4.78 is 32.8. The van der Waals surface area contributed by atoms with Crippen LogP contribution >= 0.6 is 0 Å². The molecule has 3 rings (SSSR count). The summed E-state index contributed by atoms with van der Waals surface area (Å²) in [6, 6.07) is 3.80. The Morgan fingerprint density at radius 3 is 2.74 bits per heavy atom. The molecule has 6 heteroatoms. The minimum Gasteiger partial charge on any atom is -0.441 e. The van der Waals surface area contributed by atoms with Crippen LogP contribution in [-0.4, -0.2) is 16.9 Å². The number of halogens is 2. The first-order chi connectivity index (χ1) is 11.0. The average Bonchev–Trinajstić information content (AvgIpc) is 3.26. The predicted molar refractivity (Wildman–Crippen MR) is 80.5 cm³/mol. The molecule has 1 aromatic carbocycles. The van der Waals surface area contributed by atoms with Gasteiger partial charge >= 0.3 is 0 Å². The third kappa shape index (κ3) is 3.75. The van der Waals surface area contributed by atoms with E-state index in [9.17, 15) is 13.6 Å². The van der Waals surface area contributed by atoms with Crippen LogP contribution in [-0.2, 0) is 11.2 Å². The van der Waals surface area contributed by atoms with Gasteiger partial charge in [-0.05, 0) is 37.8 Å². The minimum absolute atomic E-state index is 0.0300. The summed E-state index contributed by atoms with van der Waals surface area (Å²) in [7, 11) is 0. The average molecular weight is 320 g/mol. The Hall–Kier alpha value is -2.24. The summed E-state index contributed by atoms with van der Waals surface area (Å²) in [6.07, 6.45) is 4.13. The molecule has 1 N–H and O–H groups in total. The highest BCUT2D eigenvalue weighted by Gasteiger charge is 2.28. The molecule has 1 aliphatic carbocycles. The molecule has 2 aromatic rings. The fraction of sp³-hybridized carbons (Fsp3) is 0.412. The van der Waals surface area contributed by atoms with Crippen LogP contribution in [0.4, 0.5) is 8.78 Å². The second kappa shape index (κ2) is 6.48. The first-order valence-electron chi connectivity index (χ1n) is 7.73. The SMILES string of the molecule is CC(NC(=O)CCc1ncc(-c2c(F)cccc2F)o1)C1CC1. The van der Waals surface area contributed by atoms with Crippen LogP contribution in [0.2, 0.25) is 0 Å². The van der Waals surface area contributed by atoms with Crippen molar-refractivity contribution < 1.29 is 18.0 Å². The number of carbonyl (C=O) groups excluding carboxylic acids is 1. The monoisotopic (exact) mass is 320 g/mol. The number of nitrogens with zero attached hydrogens (tertiary/aromatic N) is 1. The summed E-state index contributed by atoms with van der Waals surface area (Å²) >= 11 is 0. The maximum absolute atomic E-state index is 13.7. The molecule has 0 spiro atoms. The molecule has 23 heavy (non-hydrogen) atoms. The number of aromatic nitrogens is 1. The van der Waals surface area contributed by atoms with Gasteiger partial charge < -0.3 is 9.73 Å². The van der Waals surface area contributed by atoms with Crippen molar-refractivity contribution in [1.82, 2.24) is 10.3 Å². The number of nitrogens with one attached hydrogen (secondary N) is 1. The lowest BCUT2D eigenvalue weighted by Gasteiger charge is -2.11. The molecule has 122 valence electrons. The molecule has 1 atom stereocenters. The number of oxazole rings is 1. The standard InChI is InChI=1S/C17H18F2N2O2/c1-10(11-5-6-11)21-15(22)7-8-16-20-9-14(23-16)17-12(18)3-2-4-13(17)19/h2-4,9-11H,5-8H2,1H3,(H,21,22). The van der Waals surface area contributed by atoms with Crippen molar-refractivity contribution in [3.8, 4) is 11.3 Å². The Labute approximate surface area is 132 Å². The molecule has 1 amide bonds. The van der Waals surface area contributed by atoms with Gasteiger partial charge in [-0.15, -0.1) is 0 Å². The molecule has 1 saturated carbocycles. The largest absolute Gasteiger partial charge is 0.441 e. The van der Waals surface area contributed by atoms with Crippen molar-refractivity contribution in [3.63, 3.8) is 0 Å². The van der Waals surface area contributed by atoms with Crippen molar-refractivity contribution >= 4 is 5.91 Å². The number of benzene rings is 1. The minimum atomic E-state index is -0.705. The zero-order valence-corrected chi connectivity index (χ0v) is 12.8. The van der Waals surface area contributed by atoms with E-state index >= 15 is 0 Å². The predicted octanol–water partition coefficient (Wildman–Crippen LogP) is 3.47. The summed E-state index contributed by atoms with van der Waals surface area (Å²) in [6.45, 7) is 2.00. The van der Waals surface area contributed by atoms with Gasteiger partial charge in [0, 0.05) is 18.9 Å². The molecule has 4 nitrogen and oxygen atoms in total. The maximum Gasteiger partial charge on any atom is 0.220 e. The molecule has 1 fully saturated rings. The number of aryl methyl sites for hydroxylation is 1. The zero-order chi connectivity index (χ0) is 16.4. The summed E-state index contributed by atoms with van der Waals surface area (Å²) in [5.41, 5.74) is -0.238. The number of carbonyl (C=O) groups is 1. The Balaban J connectivity index is 1.60. The molecule has 1 aromatic heterocycles. The van der Waals surface area contributed by atoms with Crippen LogP contribution in [0.25, 0.3) is 11.3 Å². The van der Waals surface area contributed by atoms with Crippen molar-refractivity contribution in [2.24, 2.45) is 5.92 Å². The quantitative estimate of drug-likeness (QED) is 0.887. The molecule has 0 saturated heterocycles. The number of rotatable bonds is 6. The van der Waals surface area contributed by atoms with Gasteiger partial charge in [-0.2, -0.15) is 0 Å². The van der Waals surface area contributed by atoms with Gasteiger partial charge in [-0.1, -0.05) is 6.07 Å². The number of hydrogen-bond donors (Lipinski definition) is 1. The van der Waals surface area contributed by atoms with Gasteiger partial charge in [0.15, 0.2) is 11.7 Å². The molecule has 0 bridgehead atoms. The third-order valence-electron chi connectivity index (χ3n) is 4.05. The van der Waals surface area contributed by atoms with Gasteiger partial charge in [0.1, 0.15) is 11.6 Å². The van der Waals surface area contributed by atoms with Crippen LogP contribution in [0, 0.1) is 17.6 Å². The van der Waals surface area contributed by atoms with Crippen molar-refractivity contribution in [2.45, 2.75) is 38.6 Å². The highest BCUT2D eigenvalue weighted by molar-refractivity contribution is 5.76. The lowest BCUT2D eigenvalue weighted by atomic mass is 10.1. The zero-order valence-electron chi connectivity index (χ0n) is 12.8. The van der Waals surface area contributed by atoms with E-state index in [1.54, 1.807) is 0 Å². The van der Waals surface area contributed by atoms with Gasteiger partial charge in [0.2, 0.25) is 5.91 Å². The smallest absolute Gasteiger partial charge is 0.220 e. The summed E-state index contributed by atoms with van der Waals surface area (Å²) in [4.78, 5) is 15.8. The van der Waals surface area contributed by atoms with Gasteiger partial charge in [0.05, 0.1) is 11.8 Å². The first kappa shape index (κ1) is 15.6. The Bertz CT molecular complexity index is 690. The van der Waals surface area contributed by atoms with E-state index in [2.05, 4.69) is 10.3 Å². The molecule has 1 heterocycles. The summed E-state index contributed by atoms with van der Waals surface area (Å²) in [5, 5.41) is 2.94. The highest BCUT2D eigenvalue weighted by atomic mass is 19.1. The van der Waals surface area contributed by atoms with Gasteiger partial charge in [-0.3, -0.25) is 4.79 Å². The van der Waals surface area contributed by atoms with E-state index in [0.29, 0.717) is 12.3 Å². The van der Waals surface area contributed by atoms with E-state index in [4.69, 9.17) is 4.42 Å². The fourth-order valence-corrected chi connectivity index (χ4v) is 2.54. The van der Waals surface area contributed by atoms with Crippen LogP contribution in [0.15, 0.2) is 28.8 Å². The summed E-state index contributed by atoms with van der Waals surface area (Å²) in [5.74, 6) is -0.566. The number of amides is 1. The second-order valence-electron chi connectivity index (χ2n) is 5.91. The fourth-order valence-electron chi connectivity index (χ4n) is 2.54. The van der Waals surface area contributed by atoms with E-state index in [0.717, 1.165) is 12.1 Å². The van der Waals surface area contributed by atoms with Gasteiger partial charge in [-0.25, -0.2) is 13.8 Å². The molecule has 0 aliphatic heterocycles. The Kier molecular flexibility index (Phi) is 4.41. The third-order valence-corrected chi connectivity index (χ3v) is 4.05. The Morgan fingerprint density at radius 2 is 2.09 bits per heavy atom. The maximum atomic E-state index is 13.7. The van der Waals surface area contributed by atoms with Crippen molar-refractivity contribution in [1.29, 1.82) is 0 Å². The molecule has 1 unspecified atom stereocenters. The molecular weight excluding hydrogens is 302 g/mol. The second-order valence-corrected chi connectivity index (χ2v) is 5.91. The van der Waals surface area contributed by atoms with E-state index < -0.39 is 11.6 Å². The van der Waals surface area contributed by atoms with Crippen LogP contribution in [0.5, 0.6) is 0 Å². The highest BCUT2D eigenvalue weighted by Crippen LogP contribution is 2.32. The van der Waals surface area contributed by atoms with Crippen LogP contribution in [0.1, 0.15) is 32.1 Å². The van der Waals surface area contributed by atoms with Gasteiger partial charge in [0.25, 0.3) is 0 Å². The van der Waals surface area contributed by atoms with E-state index in [-0.39, 0.29) is 35.6 Å².